The summed E-state index contributed by atoms with van der Waals surface area (Å²) in [6, 6.07) is 17.4. The number of nitrogens with one attached hydrogen (secondary N) is 1. The number of hydrogen-bond acceptors (Lipinski definition) is 2. The van der Waals surface area contributed by atoms with Crippen molar-refractivity contribution in [3.05, 3.63) is 65.2 Å². The minimum Gasteiger partial charge on any atom is -0.324 e. The van der Waals surface area contributed by atoms with Crippen LogP contribution in [0.1, 0.15) is 36.5 Å². The number of amides is 1. The number of nitriles is 1. The summed E-state index contributed by atoms with van der Waals surface area (Å²) in [5, 5.41) is 12.6. The zero-order valence-electron chi connectivity index (χ0n) is 12.1. The Morgan fingerprint density at radius 2 is 1.76 bits per heavy atom. The molecule has 3 nitrogen and oxygen atoms in total. The molecule has 1 unspecified atom stereocenters. The van der Waals surface area contributed by atoms with Gasteiger partial charge in [0.1, 0.15) is 0 Å². The van der Waals surface area contributed by atoms with E-state index >= 15 is 0 Å². The topological polar surface area (TPSA) is 52.9 Å². The molecule has 1 aliphatic heterocycles. The van der Waals surface area contributed by atoms with Crippen molar-refractivity contribution < 1.29 is 4.79 Å². The Morgan fingerprint density at radius 3 is 2.38 bits per heavy atom. The predicted octanol–water partition coefficient (Wildman–Crippen LogP) is 3.57. The van der Waals surface area contributed by atoms with Gasteiger partial charge in [0.25, 0.3) is 5.91 Å². The summed E-state index contributed by atoms with van der Waals surface area (Å²) in [5.41, 5.74) is 2.12. The number of fused-ring (bicyclic) bond motifs is 1. The number of nitrogens with zero attached hydrogens (tertiary/aromatic N) is 1. The van der Waals surface area contributed by atoms with Gasteiger partial charge in [0.05, 0.1) is 6.07 Å². The van der Waals surface area contributed by atoms with Crippen LogP contribution < -0.4 is 5.32 Å². The smallest absolute Gasteiger partial charge is 0.254 e. The summed E-state index contributed by atoms with van der Waals surface area (Å²) in [7, 11) is 0. The van der Waals surface area contributed by atoms with E-state index in [9.17, 15) is 10.1 Å². The van der Waals surface area contributed by atoms with Gasteiger partial charge in [0.2, 0.25) is 0 Å². The van der Waals surface area contributed by atoms with Gasteiger partial charge in [-0.3, -0.25) is 4.79 Å². The molecule has 2 aromatic carbocycles. The third-order valence-electron chi connectivity index (χ3n) is 4.10. The maximum absolute atomic E-state index is 12.5. The highest BCUT2D eigenvalue weighted by atomic mass is 16.2. The molecule has 0 saturated carbocycles. The van der Waals surface area contributed by atoms with E-state index in [2.05, 4.69) is 25.2 Å². The molecule has 3 rings (SSSR count). The Morgan fingerprint density at radius 1 is 1.10 bits per heavy atom. The van der Waals surface area contributed by atoms with Gasteiger partial charge in [0, 0.05) is 11.3 Å². The molecule has 1 heterocycles. The first-order valence-corrected chi connectivity index (χ1v) is 7.02. The number of hydrogen-bond donors (Lipinski definition) is 1. The number of carbonyl (C=O) groups excluding carboxylic acids is 1. The quantitative estimate of drug-likeness (QED) is 0.911. The van der Waals surface area contributed by atoms with Crippen LogP contribution in [0.3, 0.4) is 0 Å². The van der Waals surface area contributed by atoms with E-state index < -0.39 is 5.41 Å². The highest BCUT2D eigenvalue weighted by Crippen LogP contribution is 2.42. The van der Waals surface area contributed by atoms with Gasteiger partial charge in [-0.05, 0) is 23.1 Å². The molecule has 2 aromatic rings. The molecule has 0 fully saturated rings. The summed E-state index contributed by atoms with van der Waals surface area (Å²) in [4.78, 5) is 12.5. The molecule has 3 heteroatoms. The largest absolute Gasteiger partial charge is 0.324 e. The molecule has 1 atom stereocenters. The fraction of sp³-hybridized carbons (Fsp3) is 0.222. The lowest BCUT2D eigenvalue weighted by atomic mass is 9.76. The Kier molecular flexibility index (Phi) is 3.03. The van der Waals surface area contributed by atoms with Crippen molar-refractivity contribution in [2.24, 2.45) is 0 Å². The Hall–Kier alpha value is -2.60. The summed E-state index contributed by atoms with van der Waals surface area (Å²) in [6.07, 6.45) is 0. The molecule has 0 radical (unpaired) electrons. The number of benzene rings is 2. The lowest BCUT2D eigenvalue weighted by Crippen LogP contribution is -2.34. The minimum atomic E-state index is -1.24. The second-order valence-corrected chi connectivity index (χ2v) is 5.64. The van der Waals surface area contributed by atoms with Gasteiger partial charge in [-0.15, -0.1) is 0 Å². The Bertz CT molecular complexity index is 741. The number of carbonyl (C=O) groups is 1. The first-order valence-electron chi connectivity index (χ1n) is 7.02. The standard InChI is InChI=1S/C18H16N2O/c1-12(2)13-7-9-14(10-8-13)18(11-19)15-5-3-4-6-16(15)20-17(18)21/h3-10,12H,1-2H3,(H,20,21). The molecule has 1 aliphatic rings. The molecule has 0 spiro atoms. The molecular formula is C18H16N2O. The van der Waals surface area contributed by atoms with Crippen LogP contribution in [0.4, 0.5) is 5.69 Å². The van der Waals surface area contributed by atoms with Gasteiger partial charge < -0.3 is 5.32 Å². The molecule has 0 aliphatic carbocycles. The third-order valence-corrected chi connectivity index (χ3v) is 4.10. The molecule has 21 heavy (non-hydrogen) atoms. The summed E-state index contributed by atoms with van der Waals surface area (Å²) >= 11 is 0. The average molecular weight is 276 g/mol. The van der Waals surface area contributed by atoms with E-state index in [1.54, 1.807) is 0 Å². The average Bonchev–Trinajstić information content (AvgIpc) is 2.79. The van der Waals surface area contributed by atoms with Crippen LogP contribution in [-0.2, 0) is 10.2 Å². The number of anilines is 1. The van der Waals surface area contributed by atoms with Crippen LogP contribution in [0, 0.1) is 11.3 Å². The van der Waals surface area contributed by atoms with Crippen molar-refractivity contribution in [1.82, 2.24) is 0 Å². The van der Waals surface area contributed by atoms with E-state index in [0.717, 1.165) is 16.8 Å². The summed E-state index contributed by atoms with van der Waals surface area (Å²) < 4.78 is 0. The van der Waals surface area contributed by atoms with E-state index in [0.29, 0.717) is 5.92 Å². The fourth-order valence-corrected chi connectivity index (χ4v) is 2.84. The van der Waals surface area contributed by atoms with Crippen LogP contribution in [0.2, 0.25) is 0 Å². The lowest BCUT2D eigenvalue weighted by Gasteiger charge is -2.20. The molecule has 0 aromatic heterocycles. The summed E-state index contributed by atoms with van der Waals surface area (Å²) in [6.45, 7) is 4.24. The van der Waals surface area contributed by atoms with Crippen LogP contribution in [0.5, 0.6) is 0 Å². The highest BCUT2D eigenvalue weighted by molar-refractivity contribution is 6.10. The zero-order valence-corrected chi connectivity index (χ0v) is 12.1. The third kappa shape index (κ3) is 1.84. The molecule has 1 amide bonds. The Balaban J connectivity index is 2.18. The number of rotatable bonds is 2. The SMILES string of the molecule is CC(C)c1ccc(C2(C#N)C(=O)Nc3ccccc32)cc1. The van der Waals surface area contributed by atoms with Gasteiger partial charge in [-0.2, -0.15) is 5.26 Å². The van der Waals surface area contributed by atoms with E-state index in [4.69, 9.17) is 0 Å². The van der Waals surface area contributed by atoms with Crippen molar-refractivity contribution in [2.75, 3.05) is 5.32 Å². The zero-order chi connectivity index (χ0) is 15.0. The predicted molar refractivity (Wildman–Crippen MR) is 82.0 cm³/mol. The normalized spacial score (nSPS) is 20.0. The molecule has 0 bridgehead atoms. The fourth-order valence-electron chi connectivity index (χ4n) is 2.84. The van der Waals surface area contributed by atoms with Gasteiger partial charge >= 0.3 is 0 Å². The molecule has 0 saturated heterocycles. The first-order chi connectivity index (χ1) is 10.1. The van der Waals surface area contributed by atoms with Crippen molar-refractivity contribution in [3.8, 4) is 6.07 Å². The van der Waals surface area contributed by atoms with Gasteiger partial charge in [-0.25, -0.2) is 0 Å². The lowest BCUT2D eigenvalue weighted by molar-refractivity contribution is -0.118. The van der Waals surface area contributed by atoms with Crippen LogP contribution >= 0.6 is 0 Å². The van der Waals surface area contributed by atoms with E-state index in [1.807, 2.05) is 48.5 Å². The van der Waals surface area contributed by atoms with Crippen LogP contribution in [-0.4, -0.2) is 5.91 Å². The maximum atomic E-state index is 12.5. The van der Waals surface area contributed by atoms with E-state index in [-0.39, 0.29) is 5.91 Å². The monoisotopic (exact) mass is 276 g/mol. The van der Waals surface area contributed by atoms with Gasteiger partial charge in [-0.1, -0.05) is 56.3 Å². The highest BCUT2D eigenvalue weighted by Gasteiger charge is 2.48. The van der Waals surface area contributed by atoms with Crippen LogP contribution in [0.25, 0.3) is 0 Å². The Labute approximate surface area is 124 Å². The second kappa shape index (κ2) is 4.75. The second-order valence-electron chi connectivity index (χ2n) is 5.64. The molecule has 1 N–H and O–H groups in total. The van der Waals surface area contributed by atoms with Gasteiger partial charge in [0.15, 0.2) is 5.41 Å². The molecular weight excluding hydrogens is 260 g/mol. The molecule has 104 valence electrons. The number of para-hydroxylation sites is 1. The van der Waals surface area contributed by atoms with Crippen molar-refractivity contribution in [3.63, 3.8) is 0 Å². The van der Waals surface area contributed by atoms with Crippen LogP contribution in [0.15, 0.2) is 48.5 Å². The maximum Gasteiger partial charge on any atom is 0.254 e. The first kappa shape index (κ1) is 13.4. The van der Waals surface area contributed by atoms with Crippen molar-refractivity contribution in [2.45, 2.75) is 25.2 Å². The minimum absolute atomic E-state index is 0.275. The van der Waals surface area contributed by atoms with E-state index in [1.165, 1.54) is 5.56 Å². The van der Waals surface area contributed by atoms with Crippen molar-refractivity contribution >= 4 is 11.6 Å². The van der Waals surface area contributed by atoms with Crippen molar-refractivity contribution in [1.29, 1.82) is 5.26 Å². The summed E-state index contributed by atoms with van der Waals surface area (Å²) in [5.74, 6) is 0.144.